The van der Waals surface area contributed by atoms with Crippen molar-refractivity contribution in [1.29, 1.82) is 0 Å². The third-order valence-electron chi connectivity index (χ3n) is 5.00. The topological polar surface area (TPSA) is 20.2 Å². The van der Waals surface area contributed by atoms with Crippen LogP contribution in [-0.4, -0.2) is 5.11 Å². The van der Waals surface area contributed by atoms with Crippen LogP contribution in [0.5, 0.6) is 5.75 Å². The molecule has 2 aromatic rings. The van der Waals surface area contributed by atoms with Crippen LogP contribution in [0.3, 0.4) is 0 Å². The number of phenolic OH excluding ortho intramolecular Hbond substituents is 1. The molecule has 1 aliphatic carbocycles. The Bertz CT molecular complexity index is 712. The molecule has 0 fully saturated rings. The van der Waals surface area contributed by atoms with Gasteiger partial charge in [0, 0.05) is 5.92 Å². The van der Waals surface area contributed by atoms with Crippen molar-refractivity contribution in [1.82, 2.24) is 0 Å². The first-order chi connectivity index (χ1) is 11.2. The van der Waals surface area contributed by atoms with Gasteiger partial charge in [0.05, 0.1) is 0 Å². The molecule has 0 saturated carbocycles. The maximum Gasteiger partial charge on any atom is 0.119 e. The SMILES string of the molecule is CC(c1ccccc1)c1ccc(O)c(C(C)C2C=CC=CC2)c1. The van der Waals surface area contributed by atoms with E-state index < -0.39 is 0 Å². The van der Waals surface area contributed by atoms with Gasteiger partial charge in [-0.05, 0) is 41.0 Å². The summed E-state index contributed by atoms with van der Waals surface area (Å²) < 4.78 is 0. The molecule has 3 unspecified atom stereocenters. The summed E-state index contributed by atoms with van der Waals surface area (Å²) in [6.07, 6.45) is 9.69. The first-order valence-electron chi connectivity index (χ1n) is 8.38. The smallest absolute Gasteiger partial charge is 0.119 e. The number of hydrogen-bond donors (Lipinski definition) is 1. The van der Waals surface area contributed by atoms with Crippen LogP contribution >= 0.6 is 0 Å². The molecule has 0 heterocycles. The Morgan fingerprint density at radius 2 is 1.74 bits per heavy atom. The first-order valence-corrected chi connectivity index (χ1v) is 8.38. The van der Waals surface area contributed by atoms with Gasteiger partial charge in [-0.25, -0.2) is 0 Å². The standard InChI is InChI=1S/C22H24O/c1-16(18-9-5-3-6-10-18)20-13-14-22(23)21(15-20)17(2)19-11-7-4-8-12-19/h3-11,13-17,19,23H,12H2,1-2H3. The van der Waals surface area contributed by atoms with Crippen LogP contribution in [-0.2, 0) is 0 Å². The van der Waals surface area contributed by atoms with E-state index in [1.807, 2.05) is 18.2 Å². The molecule has 3 atom stereocenters. The molecule has 0 radical (unpaired) electrons. The highest BCUT2D eigenvalue weighted by Gasteiger charge is 2.21. The van der Waals surface area contributed by atoms with Gasteiger partial charge in [-0.2, -0.15) is 0 Å². The van der Waals surface area contributed by atoms with Crippen LogP contribution in [0.15, 0.2) is 72.8 Å². The Balaban J connectivity index is 1.90. The fourth-order valence-corrected chi connectivity index (χ4v) is 3.34. The van der Waals surface area contributed by atoms with Gasteiger partial charge in [0.15, 0.2) is 0 Å². The quantitative estimate of drug-likeness (QED) is 0.759. The number of rotatable bonds is 4. The molecule has 23 heavy (non-hydrogen) atoms. The molecule has 2 aromatic carbocycles. The summed E-state index contributed by atoms with van der Waals surface area (Å²) in [4.78, 5) is 0. The summed E-state index contributed by atoms with van der Waals surface area (Å²) in [5.41, 5.74) is 3.61. The third-order valence-corrected chi connectivity index (χ3v) is 5.00. The predicted molar refractivity (Wildman–Crippen MR) is 96.9 cm³/mol. The number of benzene rings is 2. The van der Waals surface area contributed by atoms with Gasteiger partial charge >= 0.3 is 0 Å². The maximum absolute atomic E-state index is 10.3. The normalized spacial score (nSPS) is 19.5. The molecule has 1 N–H and O–H groups in total. The maximum atomic E-state index is 10.3. The summed E-state index contributed by atoms with van der Waals surface area (Å²) in [5, 5.41) is 10.3. The van der Waals surface area contributed by atoms with Gasteiger partial charge in [0.2, 0.25) is 0 Å². The van der Waals surface area contributed by atoms with Crippen LogP contribution in [0.25, 0.3) is 0 Å². The molecule has 1 aliphatic rings. The van der Waals surface area contributed by atoms with E-state index in [-0.39, 0.29) is 0 Å². The fourth-order valence-electron chi connectivity index (χ4n) is 3.34. The predicted octanol–water partition coefficient (Wildman–Crippen LogP) is 5.78. The lowest BCUT2D eigenvalue weighted by Crippen LogP contribution is -2.09. The largest absolute Gasteiger partial charge is 0.508 e. The molecule has 0 aromatic heterocycles. The Hall–Kier alpha value is -2.28. The van der Waals surface area contributed by atoms with E-state index in [1.165, 1.54) is 11.1 Å². The van der Waals surface area contributed by atoms with Crippen molar-refractivity contribution in [3.05, 3.63) is 89.5 Å². The number of allylic oxidation sites excluding steroid dienone is 4. The second-order valence-electron chi connectivity index (χ2n) is 6.45. The Labute approximate surface area is 139 Å². The van der Waals surface area contributed by atoms with E-state index in [0.29, 0.717) is 23.5 Å². The first kappa shape index (κ1) is 15.6. The molecular formula is C22H24O. The van der Waals surface area contributed by atoms with Gasteiger partial charge < -0.3 is 5.11 Å². The average Bonchev–Trinajstić information content (AvgIpc) is 2.62. The van der Waals surface area contributed by atoms with Gasteiger partial charge in [-0.1, -0.05) is 80.6 Å². The van der Waals surface area contributed by atoms with Gasteiger partial charge in [-0.15, -0.1) is 0 Å². The lowest BCUT2D eigenvalue weighted by molar-refractivity contribution is 0.447. The molecule has 3 rings (SSSR count). The highest BCUT2D eigenvalue weighted by molar-refractivity contribution is 5.43. The van der Waals surface area contributed by atoms with Crippen molar-refractivity contribution >= 4 is 0 Å². The molecule has 118 valence electrons. The number of phenols is 1. The minimum atomic E-state index is 0.305. The van der Waals surface area contributed by atoms with Crippen molar-refractivity contribution in [3.63, 3.8) is 0 Å². The summed E-state index contributed by atoms with van der Waals surface area (Å²) in [7, 11) is 0. The average molecular weight is 304 g/mol. The Morgan fingerprint density at radius 3 is 2.43 bits per heavy atom. The van der Waals surface area contributed by atoms with E-state index in [9.17, 15) is 5.11 Å². The van der Waals surface area contributed by atoms with Crippen LogP contribution in [0, 0.1) is 5.92 Å². The second kappa shape index (κ2) is 6.87. The number of hydrogen-bond acceptors (Lipinski definition) is 1. The van der Waals surface area contributed by atoms with Crippen LogP contribution in [0.4, 0.5) is 0 Å². The highest BCUT2D eigenvalue weighted by Crippen LogP contribution is 2.37. The van der Waals surface area contributed by atoms with Gasteiger partial charge in [0.25, 0.3) is 0 Å². The minimum Gasteiger partial charge on any atom is -0.508 e. The van der Waals surface area contributed by atoms with Crippen molar-refractivity contribution in [2.45, 2.75) is 32.1 Å². The molecule has 0 bridgehead atoms. The lowest BCUT2D eigenvalue weighted by atomic mass is 9.81. The highest BCUT2D eigenvalue weighted by atomic mass is 16.3. The molecule has 1 heteroatoms. The van der Waals surface area contributed by atoms with Gasteiger partial charge in [-0.3, -0.25) is 0 Å². The van der Waals surface area contributed by atoms with Gasteiger partial charge in [0.1, 0.15) is 5.75 Å². The molecular weight excluding hydrogens is 280 g/mol. The summed E-state index contributed by atoms with van der Waals surface area (Å²) in [5.74, 6) is 1.49. The second-order valence-corrected chi connectivity index (χ2v) is 6.45. The van der Waals surface area contributed by atoms with E-state index in [2.05, 4.69) is 68.5 Å². The molecule has 1 nitrogen and oxygen atoms in total. The van der Waals surface area contributed by atoms with Crippen molar-refractivity contribution in [2.24, 2.45) is 5.92 Å². The van der Waals surface area contributed by atoms with Crippen LogP contribution < -0.4 is 0 Å². The van der Waals surface area contributed by atoms with E-state index in [4.69, 9.17) is 0 Å². The summed E-state index contributed by atoms with van der Waals surface area (Å²) >= 11 is 0. The lowest BCUT2D eigenvalue weighted by Gasteiger charge is -2.24. The zero-order valence-corrected chi connectivity index (χ0v) is 13.8. The van der Waals surface area contributed by atoms with Crippen molar-refractivity contribution in [2.75, 3.05) is 0 Å². The molecule has 0 amide bonds. The van der Waals surface area contributed by atoms with Crippen molar-refractivity contribution < 1.29 is 5.11 Å². The Morgan fingerprint density at radius 1 is 0.957 bits per heavy atom. The molecule has 0 aliphatic heterocycles. The number of aromatic hydroxyl groups is 1. The van der Waals surface area contributed by atoms with Crippen LogP contribution in [0.1, 0.15) is 48.8 Å². The van der Waals surface area contributed by atoms with E-state index >= 15 is 0 Å². The zero-order chi connectivity index (χ0) is 16.2. The van der Waals surface area contributed by atoms with Crippen LogP contribution in [0.2, 0.25) is 0 Å². The molecule has 0 saturated heterocycles. The Kier molecular flexibility index (Phi) is 4.66. The molecule has 0 spiro atoms. The minimum absolute atomic E-state index is 0.305. The summed E-state index contributed by atoms with van der Waals surface area (Å²) in [6, 6.07) is 16.6. The third kappa shape index (κ3) is 3.39. The zero-order valence-electron chi connectivity index (χ0n) is 13.8. The monoisotopic (exact) mass is 304 g/mol. The van der Waals surface area contributed by atoms with E-state index in [0.717, 1.165) is 12.0 Å². The summed E-state index contributed by atoms with van der Waals surface area (Å²) in [6.45, 7) is 4.43. The van der Waals surface area contributed by atoms with E-state index in [1.54, 1.807) is 0 Å². The fraction of sp³-hybridized carbons (Fsp3) is 0.273. The van der Waals surface area contributed by atoms with Crippen molar-refractivity contribution in [3.8, 4) is 5.75 Å².